The molecule has 156 valence electrons. The summed E-state index contributed by atoms with van der Waals surface area (Å²) >= 11 is 12.9. The number of anilines is 1. The van der Waals surface area contributed by atoms with Gasteiger partial charge in [0.2, 0.25) is 0 Å². The Morgan fingerprint density at radius 2 is 2.00 bits per heavy atom. The average molecular weight is 471 g/mol. The molecule has 0 saturated carbocycles. The van der Waals surface area contributed by atoms with Gasteiger partial charge >= 0.3 is 0 Å². The number of rotatable bonds is 5. The van der Waals surface area contributed by atoms with E-state index >= 15 is 0 Å². The molecule has 0 spiro atoms. The van der Waals surface area contributed by atoms with Crippen LogP contribution in [0.15, 0.2) is 63.9 Å². The van der Waals surface area contributed by atoms with Crippen molar-refractivity contribution in [1.29, 1.82) is 0 Å². The minimum Gasteiger partial charge on any atom is -0.457 e. The second-order valence-electron chi connectivity index (χ2n) is 6.62. The van der Waals surface area contributed by atoms with E-state index in [1.165, 1.54) is 30.0 Å². The first-order chi connectivity index (χ1) is 14.9. The summed E-state index contributed by atoms with van der Waals surface area (Å²) in [5.74, 6) is 0.689. The molecule has 6 nitrogen and oxygen atoms in total. The third-order valence-corrected chi connectivity index (χ3v) is 6.35. The van der Waals surface area contributed by atoms with E-state index in [1.807, 2.05) is 31.2 Å². The first kappa shape index (κ1) is 21.3. The zero-order valence-electron chi connectivity index (χ0n) is 16.2. The first-order valence-electron chi connectivity index (χ1n) is 9.29. The molecule has 1 fully saturated rings. The lowest BCUT2D eigenvalue weighted by molar-refractivity contribution is -0.384. The topological polar surface area (TPSA) is 76.6 Å². The lowest BCUT2D eigenvalue weighted by atomic mass is 10.1. The van der Waals surface area contributed by atoms with Gasteiger partial charge in [0.1, 0.15) is 11.5 Å². The van der Waals surface area contributed by atoms with E-state index in [-0.39, 0.29) is 16.6 Å². The molecule has 1 saturated heterocycles. The van der Waals surface area contributed by atoms with Gasteiger partial charge in [0, 0.05) is 23.8 Å². The standard InChI is InChI=1S/C22H15ClN2O4S2/c1-2-13-5-3-4-6-18(13)24-21(26)20(31-22(24)30)12-15-8-10-19(29-15)16-9-7-14(25(27)28)11-17(16)23/h3-12H,2H2,1H3/b20-12+. The Labute approximate surface area is 192 Å². The van der Waals surface area contributed by atoms with E-state index < -0.39 is 4.92 Å². The Morgan fingerprint density at radius 1 is 1.23 bits per heavy atom. The van der Waals surface area contributed by atoms with E-state index in [4.69, 9.17) is 28.2 Å². The molecule has 4 rings (SSSR count). The first-order valence-corrected chi connectivity index (χ1v) is 10.9. The monoisotopic (exact) mass is 470 g/mol. The SMILES string of the molecule is CCc1ccccc1N1C(=O)/C(=C\c2ccc(-c3ccc([N+](=O)[O-])cc3Cl)o2)SC1=S. The van der Waals surface area contributed by atoms with Gasteiger partial charge < -0.3 is 4.42 Å². The van der Waals surface area contributed by atoms with Gasteiger partial charge in [-0.1, -0.05) is 60.7 Å². The Morgan fingerprint density at radius 3 is 2.71 bits per heavy atom. The Hall–Kier alpha value is -2.94. The maximum absolute atomic E-state index is 13.0. The molecule has 31 heavy (non-hydrogen) atoms. The molecule has 0 unspecified atom stereocenters. The van der Waals surface area contributed by atoms with Crippen LogP contribution in [0.4, 0.5) is 11.4 Å². The smallest absolute Gasteiger partial charge is 0.270 e. The van der Waals surface area contributed by atoms with Crippen molar-refractivity contribution in [2.24, 2.45) is 0 Å². The molecule has 0 N–H and O–H groups in total. The number of furan rings is 1. The zero-order valence-corrected chi connectivity index (χ0v) is 18.6. The Bertz CT molecular complexity index is 1250. The van der Waals surface area contributed by atoms with Crippen molar-refractivity contribution in [3.05, 3.63) is 86.0 Å². The number of nitro groups is 1. The fourth-order valence-electron chi connectivity index (χ4n) is 3.23. The highest BCUT2D eigenvalue weighted by atomic mass is 35.5. The molecule has 1 aliphatic rings. The van der Waals surface area contributed by atoms with Gasteiger partial charge in [0.05, 0.1) is 20.5 Å². The van der Waals surface area contributed by atoms with Crippen LogP contribution in [0.1, 0.15) is 18.2 Å². The quantitative estimate of drug-likeness (QED) is 0.184. The van der Waals surface area contributed by atoms with Gasteiger partial charge in [-0.25, -0.2) is 0 Å². The van der Waals surface area contributed by atoms with Crippen LogP contribution in [0.3, 0.4) is 0 Å². The van der Waals surface area contributed by atoms with Crippen LogP contribution >= 0.6 is 35.6 Å². The van der Waals surface area contributed by atoms with E-state index in [1.54, 1.807) is 23.1 Å². The second kappa shape index (κ2) is 8.66. The Balaban J connectivity index is 1.62. The zero-order chi connectivity index (χ0) is 22.1. The van der Waals surface area contributed by atoms with Gasteiger partial charge in [-0.2, -0.15) is 0 Å². The molecule has 0 atom stereocenters. The third kappa shape index (κ3) is 4.14. The number of amides is 1. The molecule has 2 heterocycles. The summed E-state index contributed by atoms with van der Waals surface area (Å²) in [5.41, 5.74) is 2.25. The normalized spacial score (nSPS) is 15.2. The van der Waals surface area contributed by atoms with Crippen molar-refractivity contribution in [2.45, 2.75) is 13.3 Å². The minimum atomic E-state index is -0.512. The number of halogens is 1. The van der Waals surface area contributed by atoms with Crippen molar-refractivity contribution in [1.82, 2.24) is 0 Å². The number of thiocarbonyl (C=S) groups is 1. The number of hydrogen-bond acceptors (Lipinski definition) is 6. The summed E-state index contributed by atoms with van der Waals surface area (Å²) in [5, 5.41) is 11.1. The number of non-ortho nitro benzene ring substituents is 1. The Kier molecular flexibility index (Phi) is 5.95. The van der Waals surface area contributed by atoms with Gasteiger partial charge in [-0.3, -0.25) is 19.8 Å². The van der Waals surface area contributed by atoms with Crippen LogP contribution in [0.5, 0.6) is 0 Å². The summed E-state index contributed by atoms with van der Waals surface area (Å²) < 4.78 is 6.28. The fraction of sp³-hybridized carbons (Fsp3) is 0.0909. The largest absolute Gasteiger partial charge is 0.457 e. The van der Waals surface area contributed by atoms with Crippen molar-refractivity contribution in [2.75, 3.05) is 4.90 Å². The minimum absolute atomic E-state index is 0.100. The summed E-state index contributed by atoms with van der Waals surface area (Å²) in [6, 6.07) is 15.2. The maximum atomic E-state index is 13.0. The van der Waals surface area contributed by atoms with E-state index in [2.05, 4.69) is 0 Å². The van der Waals surface area contributed by atoms with E-state index in [9.17, 15) is 14.9 Å². The molecule has 1 aromatic heterocycles. The predicted molar refractivity (Wildman–Crippen MR) is 127 cm³/mol. The van der Waals surface area contributed by atoms with Gasteiger partial charge in [0.15, 0.2) is 4.32 Å². The average Bonchev–Trinajstić information content (AvgIpc) is 3.32. The number of benzene rings is 2. The number of carbonyl (C=O) groups excluding carboxylic acids is 1. The highest BCUT2D eigenvalue weighted by Gasteiger charge is 2.34. The predicted octanol–water partition coefficient (Wildman–Crippen LogP) is 6.48. The van der Waals surface area contributed by atoms with Crippen LogP contribution in [-0.2, 0) is 11.2 Å². The second-order valence-corrected chi connectivity index (χ2v) is 8.71. The van der Waals surface area contributed by atoms with E-state index in [0.717, 1.165) is 17.7 Å². The highest BCUT2D eigenvalue weighted by molar-refractivity contribution is 8.27. The van der Waals surface area contributed by atoms with E-state index in [0.29, 0.717) is 26.3 Å². The van der Waals surface area contributed by atoms with Crippen LogP contribution in [0.25, 0.3) is 17.4 Å². The molecule has 1 amide bonds. The number of nitro benzene ring substituents is 1. The molecule has 0 radical (unpaired) electrons. The number of thioether (sulfide) groups is 1. The molecule has 2 aromatic carbocycles. The molecule has 9 heteroatoms. The highest BCUT2D eigenvalue weighted by Crippen LogP contribution is 2.38. The molecule has 3 aromatic rings. The molecular weight excluding hydrogens is 456 g/mol. The number of nitrogens with zero attached hydrogens (tertiary/aromatic N) is 2. The fourth-order valence-corrected chi connectivity index (χ4v) is 4.76. The van der Waals surface area contributed by atoms with Crippen LogP contribution < -0.4 is 4.90 Å². The van der Waals surface area contributed by atoms with Crippen molar-refractivity contribution >= 4 is 63.3 Å². The number of carbonyl (C=O) groups is 1. The van der Waals surface area contributed by atoms with Gasteiger partial charge in [0.25, 0.3) is 11.6 Å². The lowest BCUT2D eigenvalue weighted by Crippen LogP contribution is -2.28. The summed E-state index contributed by atoms with van der Waals surface area (Å²) in [6.07, 6.45) is 2.42. The molecule has 1 aliphatic heterocycles. The lowest BCUT2D eigenvalue weighted by Gasteiger charge is -2.17. The van der Waals surface area contributed by atoms with Crippen molar-refractivity contribution in [3.8, 4) is 11.3 Å². The van der Waals surface area contributed by atoms with Gasteiger partial charge in [-0.15, -0.1) is 0 Å². The third-order valence-electron chi connectivity index (χ3n) is 4.74. The molecule has 0 aliphatic carbocycles. The van der Waals surface area contributed by atoms with Crippen molar-refractivity contribution in [3.63, 3.8) is 0 Å². The molecular formula is C22H15ClN2O4S2. The number of para-hydroxylation sites is 1. The number of hydrogen-bond donors (Lipinski definition) is 0. The van der Waals surface area contributed by atoms with Crippen LogP contribution in [0.2, 0.25) is 5.02 Å². The van der Waals surface area contributed by atoms with Crippen LogP contribution in [-0.4, -0.2) is 15.2 Å². The summed E-state index contributed by atoms with van der Waals surface area (Å²) in [7, 11) is 0. The maximum Gasteiger partial charge on any atom is 0.270 e. The summed E-state index contributed by atoms with van der Waals surface area (Å²) in [6.45, 7) is 2.03. The summed E-state index contributed by atoms with van der Waals surface area (Å²) in [4.78, 5) is 25.4. The van der Waals surface area contributed by atoms with Gasteiger partial charge in [-0.05, 0) is 36.2 Å². The van der Waals surface area contributed by atoms with Crippen molar-refractivity contribution < 1.29 is 14.1 Å². The van der Waals surface area contributed by atoms with Crippen LogP contribution in [0, 0.1) is 10.1 Å². The number of aryl methyl sites for hydroxylation is 1. The molecule has 0 bridgehead atoms.